The van der Waals surface area contributed by atoms with Crippen LogP contribution in [0.25, 0.3) is 0 Å². The van der Waals surface area contributed by atoms with Crippen LogP contribution in [-0.2, 0) is 0 Å². The molecule has 1 aromatic heterocycles. The molecule has 1 N–H and O–H groups in total. The molecule has 0 spiro atoms. The van der Waals surface area contributed by atoms with Crippen LogP contribution in [-0.4, -0.2) is 30.7 Å². The molecule has 0 aromatic carbocycles. The fourth-order valence-electron chi connectivity index (χ4n) is 2.11. The van der Waals surface area contributed by atoms with Gasteiger partial charge in [-0.15, -0.1) is 0 Å². The second-order valence-electron chi connectivity index (χ2n) is 4.91. The Balaban J connectivity index is 2.06. The van der Waals surface area contributed by atoms with E-state index >= 15 is 0 Å². The van der Waals surface area contributed by atoms with Gasteiger partial charge in [0.2, 0.25) is 0 Å². The van der Waals surface area contributed by atoms with Crippen molar-refractivity contribution < 1.29 is 0 Å². The molecule has 2 heterocycles. The van der Waals surface area contributed by atoms with Gasteiger partial charge in [-0.3, -0.25) is 4.98 Å². The average molecular weight is 219 g/mol. The Morgan fingerprint density at radius 3 is 2.88 bits per heavy atom. The Morgan fingerprint density at radius 2 is 2.25 bits per heavy atom. The molecule has 0 saturated carbocycles. The van der Waals surface area contributed by atoms with Crippen LogP contribution in [0.3, 0.4) is 0 Å². The van der Waals surface area contributed by atoms with Gasteiger partial charge in [-0.1, -0.05) is 13.8 Å². The van der Waals surface area contributed by atoms with Crippen molar-refractivity contribution in [2.24, 2.45) is 5.92 Å². The quantitative estimate of drug-likeness (QED) is 0.822. The Bertz CT molecular complexity index is 332. The molecule has 1 atom stereocenters. The Labute approximate surface area is 97.9 Å². The molecule has 1 aliphatic heterocycles. The molecule has 2 rings (SSSR count). The minimum atomic E-state index is 0.593. The van der Waals surface area contributed by atoms with Gasteiger partial charge in [-0.05, 0) is 25.0 Å². The smallest absolute Gasteiger partial charge is 0.0553 e. The second kappa shape index (κ2) is 4.83. The van der Waals surface area contributed by atoms with E-state index in [0.29, 0.717) is 12.0 Å². The summed E-state index contributed by atoms with van der Waals surface area (Å²) in [4.78, 5) is 6.79. The number of rotatable bonds is 2. The van der Waals surface area contributed by atoms with Crippen molar-refractivity contribution in [3.63, 3.8) is 0 Å². The average Bonchev–Trinajstić information content (AvgIpc) is 2.30. The Hall–Kier alpha value is -1.09. The highest BCUT2D eigenvalue weighted by molar-refractivity contribution is 5.45. The number of nitrogens with one attached hydrogen (secondary N) is 1. The number of pyridine rings is 1. The van der Waals surface area contributed by atoms with E-state index in [0.717, 1.165) is 25.3 Å². The number of aryl methyl sites for hydroxylation is 1. The maximum atomic E-state index is 4.36. The number of nitrogens with zero attached hydrogens (tertiary/aromatic N) is 2. The maximum Gasteiger partial charge on any atom is 0.0553 e. The molecule has 0 aliphatic carbocycles. The lowest BCUT2D eigenvalue weighted by atomic mass is 10.0. The van der Waals surface area contributed by atoms with E-state index in [4.69, 9.17) is 0 Å². The summed E-state index contributed by atoms with van der Waals surface area (Å²) in [5.74, 6) is 0.682. The van der Waals surface area contributed by atoms with Crippen molar-refractivity contribution in [2.75, 3.05) is 24.5 Å². The van der Waals surface area contributed by atoms with Crippen LogP contribution in [0, 0.1) is 12.8 Å². The van der Waals surface area contributed by atoms with E-state index in [1.807, 2.05) is 13.1 Å². The summed E-state index contributed by atoms with van der Waals surface area (Å²) in [6, 6.07) is 4.85. The van der Waals surface area contributed by atoms with E-state index in [9.17, 15) is 0 Å². The molecule has 3 nitrogen and oxygen atoms in total. The molecule has 88 valence electrons. The lowest BCUT2D eigenvalue weighted by Gasteiger charge is -2.37. The molecule has 3 heteroatoms. The van der Waals surface area contributed by atoms with Crippen LogP contribution in [0.4, 0.5) is 5.69 Å². The SMILES string of the molecule is Cc1ccc(N2CCNC(C(C)C)C2)cn1. The van der Waals surface area contributed by atoms with Crippen LogP contribution >= 0.6 is 0 Å². The molecule has 1 saturated heterocycles. The molecular formula is C13H21N3. The minimum absolute atomic E-state index is 0.593. The normalized spacial score (nSPS) is 21.5. The van der Waals surface area contributed by atoms with Gasteiger partial charge in [0.1, 0.15) is 0 Å². The van der Waals surface area contributed by atoms with Gasteiger partial charge >= 0.3 is 0 Å². The zero-order chi connectivity index (χ0) is 11.5. The highest BCUT2D eigenvalue weighted by Crippen LogP contribution is 2.17. The van der Waals surface area contributed by atoms with Crippen molar-refractivity contribution in [3.05, 3.63) is 24.0 Å². The second-order valence-corrected chi connectivity index (χ2v) is 4.91. The van der Waals surface area contributed by atoms with Crippen molar-refractivity contribution in [3.8, 4) is 0 Å². The standard InChI is InChI=1S/C13H21N3/c1-10(2)13-9-16(7-6-14-13)12-5-4-11(3)15-8-12/h4-5,8,10,13-14H,6-7,9H2,1-3H3. The monoisotopic (exact) mass is 219 g/mol. The third-order valence-electron chi connectivity index (χ3n) is 3.27. The van der Waals surface area contributed by atoms with E-state index < -0.39 is 0 Å². The van der Waals surface area contributed by atoms with Gasteiger partial charge in [-0.2, -0.15) is 0 Å². The number of aromatic nitrogens is 1. The van der Waals surface area contributed by atoms with E-state index in [1.54, 1.807) is 0 Å². The van der Waals surface area contributed by atoms with Gasteiger partial charge in [-0.25, -0.2) is 0 Å². The molecule has 1 aliphatic rings. The molecule has 1 fully saturated rings. The maximum absolute atomic E-state index is 4.36. The van der Waals surface area contributed by atoms with Crippen LogP contribution in [0.1, 0.15) is 19.5 Å². The first-order valence-corrected chi connectivity index (χ1v) is 6.08. The first-order valence-electron chi connectivity index (χ1n) is 6.08. The van der Waals surface area contributed by atoms with Gasteiger partial charge in [0.05, 0.1) is 11.9 Å². The summed E-state index contributed by atoms with van der Waals surface area (Å²) in [6.07, 6.45) is 1.98. The van der Waals surface area contributed by atoms with Gasteiger partial charge in [0.25, 0.3) is 0 Å². The van der Waals surface area contributed by atoms with Crippen molar-refractivity contribution in [1.82, 2.24) is 10.3 Å². The number of hydrogen-bond donors (Lipinski definition) is 1. The van der Waals surface area contributed by atoms with Crippen LogP contribution < -0.4 is 10.2 Å². The highest BCUT2D eigenvalue weighted by atomic mass is 15.2. The molecule has 0 radical (unpaired) electrons. The third-order valence-corrected chi connectivity index (χ3v) is 3.27. The molecule has 1 unspecified atom stereocenters. The van der Waals surface area contributed by atoms with Gasteiger partial charge in [0, 0.05) is 31.4 Å². The Kier molecular flexibility index (Phi) is 3.44. The topological polar surface area (TPSA) is 28.2 Å². The summed E-state index contributed by atoms with van der Waals surface area (Å²) in [5.41, 5.74) is 2.33. The van der Waals surface area contributed by atoms with Crippen LogP contribution in [0.15, 0.2) is 18.3 Å². The molecular weight excluding hydrogens is 198 g/mol. The first kappa shape index (κ1) is 11.4. The first-order chi connectivity index (χ1) is 7.66. The molecule has 0 amide bonds. The third kappa shape index (κ3) is 2.53. The van der Waals surface area contributed by atoms with Crippen LogP contribution in [0.2, 0.25) is 0 Å². The number of piperazine rings is 1. The highest BCUT2D eigenvalue weighted by Gasteiger charge is 2.21. The van der Waals surface area contributed by atoms with Crippen molar-refractivity contribution in [1.29, 1.82) is 0 Å². The van der Waals surface area contributed by atoms with E-state index in [-0.39, 0.29) is 0 Å². The van der Waals surface area contributed by atoms with E-state index in [2.05, 4.69) is 41.2 Å². The fourth-order valence-corrected chi connectivity index (χ4v) is 2.11. The lowest BCUT2D eigenvalue weighted by Crippen LogP contribution is -2.53. The summed E-state index contributed by atoms with van der Waals surface area (Å²) >= 11 is 0. The number of anilines is 1. The van der Waals surface area contributed by atoms with Gasteiger partial charge in [0.15, 0.2) is 0 Å². The van der Waals surface area contributed by atoms with Crippen molar-refractivity contribution in [2.45, 2.75) is 26.8 Å². The summed E-state index contributed by atoms with van der Waals surface area (Å²) in [5, 5.41) is 3.57. The van der Waals surface area contributed by atoms with Crippen molar-refractivity contribution >= 4 is 5.69 Å². The zero-order valence-corrected chi connectivity index (χ0v) is 10.4. The predicted molar refractivity (Wildman–Crippen MR) is 67.8 cm³/mol. The lowest BCUT2D eigenvalue weighted by molar-refractivity contribution is 0.368. The summed E-state index contributed by atoms with van der Waals surface area (Å²) in [6.45, 7) is 9.80. The van der Waals surface area contributed by atoms with E-state index in [1.165, 1.54) is 5.69 Å². The molecule has 16 heavy (non-hydrogen) atoms. The Morgan fingerprint density at radius 1 is 1.44 bits per heavy atom. The minimum Gasteiger partial charge on any atom is -0.367 e. The predicted octanol–water partition coefficient (Wildman–Crippen LogP) is 1.82. The molecule has 1 aromatic rings. The largest absolute Gasteiger partial charge is 0.367 e. The number of hydrogen-bond acceptors (Lipinski definition) is 3. The van der Waals surface area contributed by atoms with Gasteiger partial charge < -0.3 is 10.2 Å². The zero-order valence-electron chi connectivity index (χ0n) is 10.4. The fraction of sp³-hybridized carbons (Fsp3) is 0.615. The van der Waals surface area contributed by atoms with Crippen LogP contribution in [0.5, 0.6) is 0 Å². The molecule has 0 bridgehead atoms. The summed E-state index contributed by atoms with van der Waals surface area (Å²) in [7, 11) is 0. The summed E-state index contributed by atoms with van der Waals surface area (Å²) < 4.78 is 0.